The van der Waals surface area contributed by atoms with Crippen LogP contribution in [0.5, 0.6) is 5.75 Å². The number of thiophene rings is 1. The number of benzene rings is 1. The molecule has 0 aliphatic carbocycles. The van der Waals surface area contributed by atoms with Gasteiger partial charge in [0, 0.05) is 35.7 Å². The van der Waals surface area contributed by atoms with Gasteiger partial charge in [0.05, 0.1) is 0 Å². The summed E-state index contributed by atoms with van der Waals surface area (Å²) in [5.41, 5.74) is 0. The van der Waals surface area contributed by atoms with Crippen molar-refractivity contribution in [3.05, 3.63) is 51.7 Å². The quantitative estimate of drug-likeness (QED) is 0.729. The SMILES string of the molecule is O=C(COc1ccc(Cl)cc1)N(CCc1cccs1)C1CCOCC1. The summed E-state index contributed by atoms with van der Waals surface area (Å²) in [6.07, 6.45) is 2.65. The maximum Gasteiger partial charge on any atom is 0.260 e. The smallest absolute Gasteiger partial charge is 0.260 e. The molecule has 0 atom stereocenters. The van der Waals surface area contributed by atoms with Gasteiger partial charge in [-0.15, -0.1) is 11.3 Å². The van der Waals surface area contributed by atoms with Gasteiger partial charge in [0.25, 0.3) is 5.91 Å². The molecule has 1 fully saturated rings. The van der Waals surface area contributed by atoms with E-state index in [-0.39, 0.29) is 18.6 Å². The molecular weight excluding hydrogens is 358 g/mol. The Morgan fingerprint density at radius 1 is 1.24 bits per heavy atom. The van der Waals surface area contributed by atoms with Crippen LogP contribution in [-0.2, 0) is 16.0 Å². The second-order valence-electron chi connectivity index (χ2n) is 6.00. The highest BCUT2D eigenvalue weighted by Crippen LogP contribution is 2.19. The van der Waals surface area contributed by atoms with Crippen LogP contribution in [0.15, 0.2) is 41.8 Å². The zero-order chi connectivity index (χ0) is 17.5. The fraction of sp³-hybridized carbons (Fsp3) is 0.421. The number of rotatable bonds is 7. The topological polar surface area (TPSA) is 38.8 Å². The van der Waals surface area contributed by atoms with E-state index in [2.05, 4.69) is 11.4 Å². The van der Waals surface area contributed by atoms with E-state index in [4.69, 9.17) is 21.1 Å². The van der Waals surface area contributed by atoms with Crippen molar-refractivity contribution in [2.75, 3.05) is 26.4 Å². The fourth-order valence-electron chi connectivity index (χ4n) is 2.95. The molecule has 1 saturated heterocycles. The van der Waals surface area contributed by atoms with E-state index in [1.165, 1.54) is 4.88 Å². The average molecular weight is 380 g/mol. The lowest BCUT2D eigenvalue weighted by Gasteiger charge is -2.34. The molecule has 0 spiro atoms. The molecule has 1 aliphatic heterocycles. The molecule has 4 nitrogen and oxygen atoms in total. The van der Waals surface area contributed by atoms with Gasteiger partial charge in [-0.1, -0.05) is 17.7 Å². The third-order valence-corrected chi connectivity index (χ3v) is 5.50. The van der Waals surface area contributed by atoms with Gasteiger partial charge in [-0.25, -0.2) is 0 Å². The van der Waals surface area contributed by atoms with E-state index < -0.39 is 0 Å². The first-order valence-corrected chi connectivity index (χ1v) is 9.76. The van der Waals surface area contributed by atoms with Crippen LogP contribution in [0, 0.1) is 0 Å². The van der Waals surface area contributed by atoms with E-state index in [9.17, 15) is 4.79 Å². The number of halogens is 1. The Balaban J connectivity index is 1.59. The van der Waals surface area contributed by atoms with Crippen LogP contribution in [0.4, 0.5) is 0 Å². The van der Waals surface area contributed by atoms with Crippen molar-refractivity contribution in [3.63, 3.8) is 0 Å². The van der Waals surface area contributed by atoms with Crippen LogP contribution < -0.4 is 4.74 Å². The molecule has 0 bridgehead atoms. The maximum atomic E-state index is 12.8. The lowest BCUT2D eigenvalue weighted by atomic mass is 10.1. The van der Waals surface area contributed by atoms with E-state index in [0.717, 1.165) is 19.3 Å². The lowest BCUT2D eigenvalue weighted by molar-refractivity contribution is -0.137. The van der Waals surface area contributed by atoms with Crippen molar-refractivity contribution in [1.82, 2.24) is 4.90 Å². The van der Waals surface area contributed by atoms with Gasteiger partial charge in [-0.2, -0.15) is 0 Å². The molecule has 134 valence electrons. The van der Waals surface area contributed by atoms with Gasteiger partial charge in [0.1, 0.15) is 5.75 Å². The standard InChI is InChI=1S/C19H22ClNO3S/c20-15-3-5-17(6-4-15)24-14-19(22)21(16-8-11-23-12-9-16)10-7-18-2-1-13-25-18/h1-6,13,16H,7-12,14H2. The molecule has 3 rings (SSSR count). The fourth-order valence-corrected chi connectivity index (χ4v) is 3.78. The first kappa shape index (κ1) is 18.2. The molecule has 1 aromatic heterocycles. The Hall–Kier alpha value is -1.56. The molecule has 2 aromatic rings. The van der Waals surface area contributed by atoms with Crippen molar-refractivity contribution in [1.29, 1.82) is 0 Å². The van der Waals surface area contributed by atoms with Gasteiger partial charge in [0.2, 0.25) is 0 Å². The highest BCUT2D eigenvalue weighted by atomic mass is 35.5. The summed E-state index contributed by atoms with van der Waals surface area (Å²) in [5.74, 6) is 0.682. The Bertz CT molecular complexity index is 654. The first-order valence-electron chi connectivity index (χ1n) is 8.50. The van der Waals surface area contributed by atoms with Crippen LogP contribution in [0.2, 0.25) is 5.02 Å². The summed E-state index contributed by atoms with van der Waals surface area (Å²) in [6.45, 7) is 2.19. The second kappa shape index (κ2) is 9.22. The molecular formula is C19H22ClNO3S. The molecule has 0 unspecified atom stereocenters. The molecule has 0 saturated carbocycles. The van der Waals surface area contributed by atoms with Gasteiger partial charge in [-0.05, 0) is 55.0 Å². The number of hydrogen-bond donors (Lipinski definition) is 0. The third-order valence-electron chi connectivity index (χ3n) is 4.31. The van der Waals surface area contributed by atoms with Gasteiger partial charge >= 0.3 is 0 Å². The van der Waals surface area contributed by atoms with Crippen molar-refractivity contribution >= 4 is 28.8 Å². The predicted molar refractivity (Wildman–Crippen MR) is 101 cm³/mol. The van der Waals surface area contributed by atoms with E-state index >= 15 is 0 Å². The molecule has 25 heavy (non-hydrogen) atoms. The zero-order valence-electron chi connectivity index (χ0n) is 14.0. The molecule has 1 aliphatic rings. The van der Waals surface area contributed by atoms with Crippen LogP contribution in [0.3, 0.4) is 0 Å². The van der Waals surface area contributed by atoms with Crippen molar-refractivity contribution < 1.29 is 14.3 Å². The number of amides is 1. The summed E-state index contributed by atoms with van der Waals surface area (Å²) < 4.78 is 11.1. The maximum absolute atomic E-state index is 12.8. The lowest BCUT2D eigenvalue weighted by Crippen LogP contribution is -2.46. The molecule has 0 N–H and O–H groups in total. The minimum absolute atomic E-state index is 0.0263. The normalized spacial score (nSPS) is 15.1. The van der Waals surface area contributed by atoms with E-state index in [1.807, 2.05) is 11.0 Å². The van der Waals surface area contributed by atoms with Gasteiger partial charge < -0.3 is 14.4 Å². The minimum atomic E-state index is 0.0263. The predicted octanol–water partition coefficient (Wildman–Crippen LogP) is 4.03. The summed E-state index contributed by atoms with van der Waals surface area (Å²) in [4.78, 5) is 16.0. The molecule has 0 radical (unpaired) electrons. The third kappa shape index (κ3) is 5.46. The van der Waals surface area contributed by atoms with Crippen molar-refractivity contribution in [2.24, 2.45) is 0 Å². The Kier molecular flexibility index (Phi) is 6.73. The first-order chi connectivity index (χ1) is 12.2. The average Bonchev–Trinajstić information content (AvgIpc) is 3.16. The number of ether oxygens (including phenoxy) is 2. The summed E-state index contributed by atoms with van der Waals surface area (Å²) >= 11 is 7.60. The van der Waals surface area contributed by atoms with E-state index in [0.29, 0.717) is 30.5 Å². The number of carbonyl (C=O) groups excluding carboxylic acids is 1. The van der Waals surface area contributed by atoms with E-state index in [1.54, 1.807) is 35.6 Å². The zero-order valence-corrected chi connectivity index (χ0v) is 15.6. The minimum Gasteiger partial charge on any atom is -0.484 e. The van der Waals surface area contributed by atoms with Crippen LogP contribution in [0.1, 0.15) is 17.7 Å². The summed E-state index contributed by atoms with van der Waals surface area (Å²) in [5, 5.41) is 2.72. The van der Waals surface area contributed by atoms with Gasteiger partial charge in [-0.3, -0.25) is 4.79 Å². The summed E-state index contributed by atoms with van der Waals surface area (Å²) in [7, 11) is 0. The molecule has 6 heteroatoms. The highest BCUT2D eigenvalue weighted by molar-refractivity contribution is 7.09. The molecule has 1 amide bonds. The summed E-state index contributed by atoms with van der Waals surface area (Å²) in [6, 6.07) is 11.5. The van der Waals surface area contributed by atoms with Crippen molar-refractivity contribution in [3.8, 4) is 5.75 Å². The number of hydrogen-bond acceptors (Lipinski definition) is 4. The Labute approximate surface area is 157 Å². The van der Waals surface area contributed by atoms with Crippen LogP contribution >= 0.6 is 22.9 Å². The van der Waals surface area contributed by atoms with Crippen LogP contribution in [-0.4, -0.2) is 43.2 Å². The number of carbonyl (C=O) groups is 1. The monoisotopic (exact) mass is 379 g/mol. The van der Waals surface area contributed by atoms with Gasteiger partial charge in [0.15, 0.2) is 6.61 Å². The largest absolute Gasteiger partial charge is 0.484 e. The second-order valence-corrected chi connectivity index (χ2v) is 7.47. The Morgan fingerprint density at radius 2 is 2.00 bits per heavy atom. The van der Waals surface area contributed by atoms with Crippen LogP contribution in [0.25, 0.3) is 0 Å². The van der Waals surface area contributed by atoms with Crippen molar-refractivity contribution in [2.45, 2.75) is 25.3 Å². The molecule has 2 heterocycles. The molecule has 1 aromatic carbocycles. The number of nitrogens with zero attached hydrogens (tertiary/aromatic N) is 1. The Morgan fingerprint density at radius 3 is 2.68 bits per heavy atom. The highest BCUT2D eigenvalue weighted by Gasteiger charge is 2.26.